The van der Waals surface area contributed by atoms with E-state index in [4.69, 9.17) is 5.73 Å². The number of primary amides is 1. The predicted molar refractivity (Wildman–Crippen MR) is 85.3 cm³/mol. The second kappa shape index (κ2) is 5.49. The topological polar surface area (TPSA) is 80.5 Å². The zero-order valence-electron chi connectivity index (χ0n) is 12.0. The molecule has 0 saturated carbocycles. The Kier molecular flexibility index (Phi) is 3.80. The van der Waals surface area contributed by atoms with Crippen molar-refractivity contribution in [2.45, 2.75) is 24.3 Å². The summed E-state index contributed by atoms with van der Waals surface area (Å²) in [5, 5.41) is 2.00. The lowest BCUT2D eigenvalue weighted by molar-refractivity contribution is 0.1000. The second-order valence-electron chi connectivity index (χ2n) is 5.23. The molecule has 1 aromatic heterocycles. The molecule has 3 rings (SSSR count). The van der Waals surface area contributed by atoms with Crippen molar-refractivity contribution in [3.8, 4) is 0 Å². The summed E-state index contributed by atoms with van der Waals surface area (Å²) in [6.07, 6.45) is 0.732. The minimum atomic E-state index is -3.59. The Balaban J connectivity index is 1.95. The third-order valence-corrected chi connectivity index (χ3v) is 6.95. The maximum absolute atomic E-state index is 12.8. The van der Waals surface area contributed by atoms with Crippen molar-refractivity contribution in [1.29, 1.82) is 0 Å². The fourth-order valence-electron chi connectivity index (χ4n) is 2.74. The highest BCUT2D eigenvalue weighted by Gasteiger charge is 2.34. The number of thiophene rings is 1. The van der Waals surface area contributed by atoms with Gasteiger partial charge >= 0.3 is 0 Å². The van der Waals surface area contributed by atoms with E-state index in [0.717, 1.165) is 12.0 Å². The van der Waals surface area contributed by atoms with Gasteiger partial charge in [-0.2, -0.15) is 4.31 Å². The minimum Gasteiger partial charge on any atom is -0.366 e. The van der Waals surface area contributed by atoms with Gasteiger partial charge in [-0.05, 0) is 54.6 Å². The zero-order chi connectivity index (χ0) is 15.9. The molecule has 5 nitrogen and oxygen atoms in total. The van der Waals surface area contributed by atoms with E-state index in [1.54, 1.807) is 11.3 Å². The SMILES string of the molecule is C[C@H]1c2ccsc2CCN1S(=O)(=O)c1ccc(C(N)=O)cc1. The van der Waals surface area contributed by atoms with E-state index < -0.39 is 15.9 Å². The Bertz CT molecular complexity index is 810. The molecule has 1 aliphatic rings. The van der Waals surface area contributed by atoms with Crippen LogP contribution >= 0.6 is 11.3 Å². The van der Waals surface area contributed by atoms with Gasteiger partial charge in [-0.3, -0.25) is 4.79 Å². The first-order valence-electron chi connectivity index (χ1n) is 6.89. The number of carbonyl (C=O) groups excluding carboxylic acids is 1. The number of nitrogens with two attached hydrogens (primary N) is 1. The standard InChI is InChI=1S/C15H16N2O3S2/c1-10-13-7-9-21-14(13)6-8-17(10)22(19,20)12-4-2-11(3-5-12)15(16)18/h2-5,7,9-10H,6,8H2,1H3,(H2,16,18)/t10-/m0/s1. The molecule has 2 heterocycles. The average molecular weight is 336 g/mol. The molecular weight excluding hydrogens is 320 g/mol. The Morgan fingerprint density at radius 3 is 2.59 bits per heavy atom. The quantitative estimate of drug-likeness (QED) is 0.932. The summed E-state index contributed by atoms with van der Waals surface area (Å²) in [5.74, 6) is -0.571. The van der Waals surface area contributed by atoms with Crippen molar-refractivity contribution in [2.24, 2.45) is 5.73 Å². The van der Waals surface area contributed by atoms with Gasteiger partial charge in [0.15, 0.2) is 0 Å². The number of rotatable bonds is 3. The minimum absolute atomic E-state index is 0.183. The van der Waals surface area contributed by atoms with Gasteiger partial charge in [-0.15, -0.1) is 11.3 Å². The molecule has 0 bridgehead atoms. The monoisotopic (exact) mass is 336 g/mol. The Labute approximate surface area is 133 Å². The normalized spacial score (nSPS) is 18.9. The summed E-state index contributed by atoms with van der Waals surface area (Å²) in [5.41, 5.74) is 6.56. The van der Waals surface area contributed by atoms with Gasteiger partial charge in [0.1, 0.15) is 0 Å². The molecule has 7 heteroatoms. The molecule has 1 atom stereocenters. The molecule has 1 aliphatic heterocycles. The summed E-state index contributed by atoms with van der Waals surface area (Å²) in [6.45, 7) is 2.37. The van der Waals surface area contributed by atoms with Crippen LogP contribution in [0.5, 0.6) is 0 Å². The van der Waals surface area contributed by atoms with Gasteiger partial charge in [0.05, 0.1) is 4.90 Å². The van der Waals surface area contributed by atoms with E-state index in [2.05, 4.69) is 0 Å². The zero-order valence-corrected chi connectivity index (χ0v) is 13.7. The van der Waals surface area contributed by atoms with Crippen LogP contribution in [0.25, 0.3) is 0 Å². The average Bonchev–Trinajstić information content (AvgIpc) is 2.97. The molecule has 0 radical (unpaired) electrons. The van der Waals surface area contributed by atoms with Gasteiger partial charge in [0, 0.05) is 23.0 Å². The third kappa shape index (κ3) is 2.45. The van der Waals surface area contributed by atoms with E-state index in [0.29, 0.717) is 12.1 Å². The third-order valence-electron chi connectivity index (χ3n) is 3.97. The Morgan fingerprint density at radius 2 is 1.95 bits per heavy atom. The highest BCUT2D eigenvalue weighted by molar-refractivity contribution is 7.89. The van der Waals surface area contributed by atoms with Gasteiger partial charge < -0.3 is 5.73 Å². The van der Waals surface area contributed by atoms with Gasteiger partial charge in [0.25, 0.3) is 0 Å². The molecule has 116 valence electrons. The van der Waals surface area contributed by atoms with Crippen molar-refractivity contribution in [2.75, 3.05) is 6.54 Å². The molecule has 0 spiro atoms. The highest BCUT2D eigenvalue weighted by Crippen LogP contribution is 2.36. The van der Waals surface area contributed by atoms with Gasteiger partial charge in [-0.25, -0.2) is 8.42 Å². The fourth-order valence-corrected chi connectivity index (χ4v) is 5.32. The lowest BCUT2D eigenvalue weighted by Crippen LogP contribution is -2.38. The number of sulfonamides is 1. The van der Waals surface area contributed by atoms with Crippen LogP contribution in [0, 0.1) is 0 Å². The molecule has 0 aliphatic carbocycles. The van der Waals surface area contributed by atoms with Crippen LogP contribution in [0.2, 0.25) is 0 Å². The highest BCUT2D eigenvalue weighted by atomic mass is 32.2. The number of carbonyl (C=O) groups is 1. The number of hydrogen-bond donors (Lipinski definition) is 1. The van der Waals surface area contributed by atoms with E-state index in [1.165, 1.54) is 33.4 Å². The van der Waals surface area contributed by atoms with Crippen LogP contribution in [-0.4, -0.2) is 25.2 Å². The molecule has 0 unspecified atom stereocenters. The van der Waals surface area contributed by atoms with Crippen molar-refractivity contribution in [3.05, 3.63) is 51.7 Å². The van der Waals surface area contributed by atoms with Crippen LogP contribution in [0.3, 0.4) is 0 Å². The predicted octanol–water partition coefficient (Wildman–Crippen LogP) is 2.16. The summed E-state index contributed by atoms with van der Waals surface area (Å²) < 4.78 is 27.2. The Hall–Kier alpha value is -1.70. The smallest absolute Gasteiger partial charge is 0.248 e. The van der Waals surface area contributed by atoms with E-state index in [-0.39, 0.29) is 10.9 Å². The number of benzene rings is 1. The van der Waals surface area contributed by atoms with Crippen LogP contribution in [0.1, 0.15) is 33.8 Å². The molecule has 1 amide bonds. The summed E-state index contributed by atoms with van der Waals surface area (Å²) >= 11 is 1.67. The lowest BCUT2D eigenvalue weighted by Gasteiger charge is -2.32. The van der Waals surface area contributed by atoms with Crippen LogP contribution < -0.4 is 5.73 Å². The van der Waals surface area contributed by atoms with E-state index in [9.17, 15) is 13.2 Å². The number of amides is 1. The Morgan fingerprint density at radius 1 is 1.27 bits per heavy atom. The molecule has 1 aromatic carbocycles. The first-order valence-corrected chi connectivity index (χ1v) is 9.21. The maximum atomic E-state index is 12.8. The van der Waals surface area contributed by atoms with Gasteiger partial charge in [0.2, 0.25) is 15.9 Å². The number of nitrogens with zero attached hydrogens (tertiary/aromatic N) is 1. The van der Waals surface area contributed by atoms with E-state index >= 15 is 0 Å². The molecule has 22 heavy (non-hydrogen) atoms. The summed E-state index contributed by atoms with van der Waals surface area (Å²) in [7, 11) is -3.59. The van der Waals surface area contributed by atoms with Gasteiger partial charge in [-0.1, -0.05) is 0 Å². The number of hydrogen-bond acceptors (Lipinski definition) is 4. The van der Waals surface area contributed by atoms with Crippen LogP contribution in [0.15, 0.2) is 40.6 Å². The summed E-state index contributed by atoms with van der Waals surface area (Å²) in [4.78, 5) is 12.5. The second-order valence-corrected chi connectivity index (χ2v) is 8.12. The summed E-state index contributed by atoms with van der Waals surface area (Å²) in [6, 6.07) is 7.56. The van der Waals surface area contributed by atoms with Crippen LogP contribution in [0.4, 0.5) is 0 Å². The molecular formula is C15H16N2O3S2. The molecule has 0 saturated heterocycles. The maximum Gasteiger partial charge on any atom is 0.248 e. The number of fused-ring (bicyclic) bond motifs is 1. The fraction of sp³-hybridized carbons (Fsp3) is 0.267. The molecule has 2 N–H and O–H groups in total. The van der Waals surface area contributed by atoms with Crippen molar-refractivity contribution in [3.63, 3.8) is 0 Å². The van der Waals surface area contributed by atoms with Crippen molar-refractivity contribution < 1.29 is 13.2 Å². The van der Waals surface area contributed by atoms with E-state index in [1.807, 2.05) is 18.4 Å². The first-order chi connectivity index (χ1) is 10.4. The van der Waals surface area contributed by atoms with Crippen LogP contribution in [-0.2, 0) is 16.4 Å². The van der Waals surface area contributed by atoms with Crippen molar-refractivity contribution in [1.82, 2.24) is 4.31 Å². The lowest BCUT2D eigenvalue weighted by atomic mass is 10.0. The van der Waals surface area contributed by atoms with Crippen molar-refractivity contribution >= 4 is 27.3 Å². The largest absolute Gasteiger partial charge is 0.366 e. The molecule has 0 fully saturated rings. The first kappa shape index (κ1) is 15.2. The molecule has 2 aromatic rings.